The Morgan fingerprint density at radius 2 is 1.71 bits per heavy atom. The molecule has 0 radical (unpaired) electrons. The van der Waals surface area contributed by atoms with Crippen LogP contribution in [0.1, 0.15) is 17.9 Å². The zero-order valence-electron chi connectivity index (χ0n) is 17.7. The van der Waals surface area contributed by atoms with E-state index in [0.717, 1.165) is 11.4 Å². The van der Waals surface area contributed by atoms with Crippen LogP contribution < -0.4 is 14.4 Å². The lowest BCUT2D eigenvalue weighted by molar-refractivity contribution is 0.271. The molecule has 28 heavy (non-hydrogen) atoms. The molecule has 0 bridgehead atoms. The third-order valence-corrected chi connectivity index (χ3v) is 4.27. The first-order valence-electron chi connectivity index (χ1n) is 8.73. The summed E-state index contributed by atoms with van der Waals surface area (Å²) in [7, 11) is 12.4. The van der Waals surface area contributed by atoms with E-state index < -0.39 is 5.92 Å². The topological polar surface area (TPSA) is 58.0 Å². The second kappa shape index (κ2) is 10.8. The fourth-order valence-electron chi connectivity index (χ4n) is 2.69. The van der Waals surface area contributed by atoms with Crippen molar-refractivity contribution in [2.24, 2.45) is 0 Å². The molecule has 0 saturated heterocycles. The fourth-order valence-corrected chi connectivity index (χ4v) is 2.69. The van der Waals surface area contributed by atoms with Crippen LogP contribution in [0.2, 0.25) is 0 Å². The Hall–Kier alpha value is -3.25. The van der Waals surface area contributed by atoms with E-state index in [1.807, 2.05) is 56.2 Å². The number of ether oxygens (including phenoxy) is 3. The van der Waals surface area contributed by atoms with E-state index in [4.69, 9.17) is 20.6 Å². The van der Waals surface area contributed by atoms with E-state index in [2.05, 4.69) is 12.0 Å². The number of rotatable bonds is 9. The molecule has 0 fully saturated rings. The Labute approximate surface area is 168 Å². The van der Waals surface area contributed by atoms with Gasteiger partial charge in [-0.2, -0.15) is 5.26 Å². The molecule has 1 unspecified atom stereocenters. The van der Waals surface area contributed by atoms with Crippen LogP contribution in [0.25, 0.3) is 0 Å². The first-order valence-corrected chi connectivity index (χ1v) is 8.73. The maximum Gasteiger partial charge on any atom is 0.129 e. The van der Waals surface area contributed by atoms with Gasteiger partial charge in [-0.3, -0.25) is 0 Å². The molecule has 1 rings (SSSR count). The van der Waals surface area contributed by atoms with Gasteiger partial charge in [0.1, 0.15) is 11.5 Å². The molecule has 0 heterocycles. The molecule has 6 nitrogen and oxygen atoms in total. The third kappa shape index (κ3) is 5.62. The molecule has 0 amide bonds. The summed E-state index contributed by atoms with van der Waals surface area (Å²) in [6, 6.07) is 6.13. The number of hydrogen-bond donors (Lipinski definition) is 0. The van der Waals surface area contributed by atoms with Gasteiger partial charge in [-0.25, -0.2) is 0 Å². The number of methoxy groups -OCH3 is 3. The van der Waals surface area contributed by atoms with Crippen molar-refractivity contribution >= 4 is 5.69 Å². The van der Waals surface area contributed by atoms with Gasteiger partial charge in [-0.1, -0.05) is 5.92 Å². The molecule has 0 aromatic heterocycles. The highest BCUT2D eigenvalue weighted by molar-refractivity contribution is 5.61. The van der Waals surface area contributed by atoms with E-state index >= 15 is 0 Å². The fraction of sp³-hybridized carbons (Fsp3) is 0.409. The van der Waals surface area contributed by atoms with Crippen LogP contribution in [-0.4, -0.2) is 54.4 Å². The Balaban J connectivity index is 3.43. The largest absolute Gasteiger partial charge is 0.501 e. The van der Waals surface area contributed by atoms with Crippen molar-refractivity contribution in [2.75, 3.05) is 54.4 Å². The zero-order valence-corrected chi connectivity index (χ0v) is 17.7. The minimum atomic E-state index is -0.526. The van der Waals surface area contributed by atoms with Gasteiger partial charge in [-0.15, -0.1) is 6.42 Å². The van der Waals surface area contributed by atoms with E-state index in [1.165, 1.54) is 0 Å². The molecule has 150 valence electrons. The summed E-state index contributed by atoms with van der Waals surface area (Å²) in [6.07, 6.45) is 9.23. The SMILES string of the molecule is C#C/C=C(\C=C(/CC(C#N)c1c(OC)cc(N(C)C)cc1OC)OC)N(C)C. The lowest BCUT2D eigenvalue weighted by atomic mass is 9.93. The standard InChI is InChI=1S/C22H29N3O3/c1-9-10-17(24(2)3)12-19(26-6)11-16(15-23)22-20(27-7)13-18(25(4)5)14-21(22)28-8/h1,10,12-14,16H,11H2,2-8H3/b17-10+,19-12+. The highest BCUT2D eigenvalue weighted by Crippen LogP contribution is 2.41. The molecule has 0 saturated carbocycles. The molecule has 6 heteroatoms. The van der Waals surface area contributed by atoms with Gasteiger partial charge in [0.05, 0.1) is 44.6 Å². The summed E-state index contributed by atoms with van der Waals surface area (Å²) >= 11 is 0. The van der Waals surface area contributed by atoms with Crippen LogP contribution in [-0.2, 0) is 4.74 Å². The third-order valence-electron chi connectivity index (χ3n) is 4.27. The monoisotopic (exact) mass is 383 g/mol. The second-order valence-corrected chi connectivity index (χ2v) is 6.49. The van der Waals surface area contributed by atoms with Gasteiger partial charge in [0, 0.05) is 64.2 Å². The van der Waals surface area contributed by atoms with Crippen LogP contribution in [0.3, 0.4) is 0 Å². The summed E-state index contributed by atoms with van der Waals surface area (Å²) < 4.78 is 16.7. The molecule has 1 atom stereocenters. The molecule has 1 aromatic rings. The summed E-state index contributed by atoms with van der Waals surface area (Å²) in [5.74, 6) is 3.81. The molecule has 0 N–H and O–H groups in total. The first kappa shape index (κ1) is 22.8. The molecule has 0 aliphatic carbocycles. The summed E-state index contributed by atoms with van der Waals surface area (Å²) in [5.41, 5.74) is 2.41. The highest BCUT2D eigenvalue weighted by Gasteiger charge is 2.24. The average Bonchev–Trinajstić information content (AvgIpc) is 2.69. The van der Waals surface area contributed by atoms with Crippen LogP contribution in [0.4, 0.5) is 5.69 Å². The van der Waals surface area contributed by atoms with Crippen LogP contribution in [0.15, 0.2) is 35.7 Å². The highest BCUT2D eigenvalue weighted by atomic mass is 16.5. The van der Waals surface area contributed by atoms with Crippen molar-refractivity contribution < 1.29 is 14.2 Å². The second-order valence-electron chi connectivity index (χ2n) is 6.49. The maximum atomic E-state index is 9.88. The Morgan fingerprint density at radius 3 is 2.07 bits per heavy atom. The summed E-state index contributed by atoms with van der Waals surface area (Å²) in [4.78, 5) is 3.83. The molecular formula is C22H29N3O3. The predicted molar refractivity (Wildman–Crippen MR) is 113 cm³/mol. The average molecular weight is 383 g/mol. The summed E-state index contributed by atoms with van der Waals surface area (Å²) in [5, 5.41) is 9.88. The molecule has 0 spiro atoms. The molecule has 0 aliphatic heterocycles. The van der Waals surface area contributed by atoms with Crippen molar-refractivity contribution in [3.05, 3.63) is 41.3 Å². The Kier molecular flexibility index (Phi) is 8.78. The van der Waals surface area contributed by atoms with Gasteiger partial charge in [0.2, 0.25) is 0 Å². The summed E-state index contributed by atoms with van der Waals surface area (Å²) in [6.45, 7) is 0. The lowest BCUT2D eigenvalue weighted by Crippen LogP contribution is -2.12. The predicted octanol–water partition coefficient (Wildman–Crippen LogP) is 3.38. The van der Waals surface area contributed by atoms with Gasteiger partial charge in [0.15, 0.2) is 0 Å². The van der Waals surface area contributed by atoms with Crippen molar-refractivity contribution in [3.63, 3.8) is 0 Å². The number of nitriles is 1. The number of anilines is 1. The number of benzene rings is 1. The molecular weight excluding hydrogens is 354 g/mol. The van der Waals surface area contributed by atoms with Crippen LogP contribution >= 0.6 is 0 Å². The van der Waals surface area contributed by atoms with Crippen molar-refractivity contribution in [1.82, 2.24) is 4.90 Å². The van der Waals surface area contributed by atoms with Gasteiger partial charge < -0.3 is 24.0 Å². The van der Waals surface area contributed by atoms with Gasteiger partial charge in [-0.05, 0) is 6.08 Å². The van der Waals surface area contributed by atoms with E-state index in [0.29, 0.717) is 29.2 Å². The molecule has 0 aliphatic rings. The van der Waals surface area contributed by atoms with Crippen molar-refractivity contribution in [1.29, 1.82) is 5.26 Å². The van der Waals surface area contributed by atoms with Crippen LogP contribution in [0, 0.1) is 23.7 Å². The minimum Gasteiger partial charge on any atom is -0.501 e. The normalized spacial score (nSPS) is 12.5. The smallest absolute Gasteiger partial charge is 0.129 e. The zero-order chi connectivity index (χ0) is 21.3. The number of hydrogen-bond acceptors (Lipinski definition) is 6. The maximum absolute atomic E-state index is 9.88. The number of nitrogens with zero attached hydrogens (tertiary/aromatic N) is 3. The molecule has 1 aromatic carbocycles. The van der Waals surface area contributed by atoms with Crippen molar-refractivity contribution in [2.45, 2.75) is 12.3 Å². The first-order chi connectivity index (χ1) is 13.3. The number of likely N-dealkylation sites (N-methyl/N-ethyl adjacent to an activating group) is 1. The van der Waals surface area contributed by atoms with E-state index in [1.54, 1.807) is 27.4 Å². The minimum absolute atomic E-state index is 0.344. The quantitative estimate of drug-likeness (QED) is 0.370. The van der Waals surface area contributed by atoms with E-state index in [9.17, 15) is 5.26 Å². The number of terminal acetylenes is 1. The van der Waals surface area contributed by atoms with E-state index in [-0.39, 0.29) is 0 Å². The van der Waals surface area contributed by atoms with Gasteiger partial charge >= 0.3 is 0 Å². The van der Waals surface area contributed by atoms with Crippen LogP contribution in [0.5, 0.6) is 11.5 Å². The Morgan fingerprint density at radius 1 is 1.14 bits per heavy atom. The van der Waals surface area contributed by atoms with Crippen molar-refractivity contribution in [3.8, 4) is 29.9 Å². The Bertz CT molecular complexity index is 786. The lowest BCUT2D eigenvalue weighted by Gasteiger charge is -2.22. The number of allylic oxidation sites excluding steroid dienone is 3. The van der Waals surface area contributed by atoms with Gasteiger partial charge in [0.25, 0.3) is 0 Å².